The van der Waals surface area contributed by atoms with Crippen LogP contribution in [0.1, 0.15) is 101 Å². The number of fused-ring (bicyclic) bond motifs is 2. The van der Waals surface area contributed by atoms with Gasteiger partial charge in [-0.15, -0.1) is 0 Å². The predicted octanol–water partition coefficient (Wildman–Crippen LogP) is 11.8. The van der Waals surface area contributed by atoms with E-state index in [1.165, 1.54) is 12.8 Å². The molecule has 0 unspecified atom stereocenters. The normalized spacial score (nSPS) is 11.5. The van der Waals surface area contributed by atoms with Crippen LogP contribution in [0.5, 0.6) is 0 Å². The summed E-state index contributed by atoms with van der Waals surface area (Å²) in [5.41, 5.74) is 5.20. The summed E-state index contributed by atoms with van der Waals surface area (Å²) in [6.45, 7) is 7.62. The van der Waals surface area contributed by atoms with Crippen LogP contribution in [-0.4, -0.2) is 21.5 Å². The van der Waals surface area contributed by atoms with Crippen molar-refractivity contribution in [2.24, 2.45) is 0 Å². The third-order valence-corrected chi connectivity index (χ3v) is 10.5. The second kappa shape index (κ2) is 17.9. The summed E-state index contributed by atoms with van der Waals surface area (Å²) >= 11 is 0. The van der Waals surface area contributed by atoms with Gasteiger partial charge in [0, 0.05) is 54.4 Å². The molecule has 6 aromatic rings. The van der Waals surface area contributed by atoms with Gasteiger partial charge in [0.25, 0.3) is 0 Å². The van der Waals surface area contributed by atoms with Gasteiger partial charge in [0.05, 0.1) is 11.4 Å². The molecule has 0 aliphatic carbocycles. The van der Waals surface area contributed by atoms with Crippen molar-refractivity contribution in [3.8, 4) is 22.5 Å². The number of hydrogen-bond donors (Lipinski definition) is 0. The third kappa shape index (κ3) is 7.87. The maximum absolute atomic E-state index is 14.8. The number of nitrogens with zero attached hydrogens (tertiary/aromatic N) is 2. The van der Waals surface area contributed by atoms with Crippen LogP contribution in [0.4, 0.5) is 0 Å². The Hall–Kier alpha value is -4.31. The van der Waals surface area contributed by atoms with Crippen LogP contribution in [0.15, 0.2) is 109 Å². The molecule has 0 fully saturated rings. The fraction of sp³-hybridized carbons (Fsp3) is 0.319. The summed E-state index contributed by atoms with van der Waals surface area (Å²) in [5.74, 6) is -0.409. The zero-order valence-electron chi connectivity index (χ0n) is 31.0. The third-order valence-electron chi connectivity index (χ3n) is 10.5. The second-order valence-corrected chi connectivity index (χ2v) is 14.0. The summed E-state index contributed by atoms with van der Waals surface area (Å²) in [5, 5.41) is 4.09. The number of benzene rings is 4. The Kier molecular flexibility index (Phi) is 13.4. The first-order valence-electron chi connectivity index (χ1n) is 18.9. The van der Waals surface area contributed by atoms with Crippen LogP contribution in [0, 0.1) is 0 Å². The summed E-state index contributed by atoms with van der Waals surface area (Å²) < 4.78 is 0. The van der Waals surface area contributed by atoms with Gasteiger partial charge in [-0.25, -0.2) is 0 Å². The first-order valence-corrected chi connectivity index (χ1v) is 18.9. The van der Waals surface area contributed by atoms with Gasteiger partial charge in [-0.3, -0.25) is 19.6 Å². The van der Waals surface area contributed by atoms with Gasteiger partial charge >= 0.3 is 0 Å². The molecule has 4 nitrogen and oxygen atoms in total. The van der Waals surface area contributed by atoms with Crippen LogP contribution in [0.2, 0.25) is 0 Å². The predicted molar refractivity (Wildman–Crippen MR) is 212 cm³/mol. The van der Waals surface area contributed by atoms with Gasteiger partial charge in [-0.05, 0) is 84.7 Å². The first-order chi connectivity index (χ1) is 24.9. The van der Waals surface area contributed by atoms with Crippen molar-refractivity contribution >= 4 is 33.1 Å². The van der Waals surface area contributed by atoms with E-state index in [0.29, 0.717) is 11.1 Å². The molecule has 0 aliphatic rings. The van der Waals surface area contributed by atoms with E-state index in [-0.39, 0.29) is 31.7 Å². The minimum Gasteiger partial charge on any atom is -0.298 e. The fourth-order valence-corrected chi connectivity index (χ4v) is 7.86. The molecule has 5 heteroatoms. The molecule has 0 N–H and O–H groups in total. The number of ketones is 2. The number of carbonyl (C=O) groups excluding carboxylic acids is 2. The Morgan fingerprint density at radius 3 is 1.37 bits per heavy atom. The van der Waals surface area contributed by atoms with Gasteiger partial charge < -0.3 is 0 Å². The minimum atomic E-state index is -1.60. The van der Waals surface area contributed by atoms with Gasteiger partial charge in [-0.2, -0.15) is 0 Å². The maximum Gasteiger partial charge on any atom is 0.152 e. The summed E-state index contributed by atoms with van der Waals surface area (Å²) in [4.78, 5) is 39.4. The Balaban J connectivity index is 0.00000523. The van der Waals surface area contributed by atoms with E-state index < -0.39 is 5.41 Å². The number of aryl methyl sites for hydroxylation is 2. The van der Waals surface area contributed by atoms with Crippen molar-refractivity contribution in [3.63, 3.8) is 0 Å². The van der Waals surface area contributed by atoms with E-state index in [9.17, 15) is 9.59 Å². The second-order valence-electron chi connectivity index (χ2n) is 14.0. The molecule has 2 aromatic heterocycles. The molecule has 0 aliphatic heterocycles. The zero-order chi connectivity index (χ0) is 35.8. The fourth-order valence-electron chi connectivity index (χ4n) is 7.86. The Bertz CT molecular complexity index is 2010. The molecular formula is C47H50IrN2O2. The number of pyridine rings is 2. The molecule has 0 amide bonds. The molecule has 0 bridgehead atoms. The Morgan fingerprint density at radius 1 is 0.538 bits per heavy atom. The topological polar surface area (TPSA) is 59.9 Å². The molecule has 0 saturated heterocycles. The van der Waals surface area contributed by atoms with Crippen molar-refractivity contribution in [2.75, 3.05) is 0 Å². The van der Waals surface area contributed by atoms with E-state index in [4.69, 9.17) is 9.97 Å². The van der Waals surface area contributed by atoms with Crippen molar-refractivity contribution in [3.05, 3.63) is 132 Å². The number of carbonyl (C=O) groups is 2. The molecule has 0 saturated carbocycles. The Morgan fingerprint density at radius 2 is 0.962 bits per heavy atom. The average Bonchev–Trinajstić information content (AvgIpc) is 3.15. The summed E-state index contributed by atoms with van der Waals surface area (Å²) in [6, 6.07) is 33.2. The molecule has 1 radical (unpaired) electrons. The number of unbranched alkanes of at least 4 members (excludes halogenated alkanes) is 6. The van der Waals surface area contributed by atoms with E-state index in [1.54, 1.807) is 13.8 Å². The molecule has 2 heterocycles. The van der Waals surface area contributed by atoms with Gasteiger partial charge in [0.1, 0.15) is 5.41 Å². The molecule has 4 aromatic carbocycles. The number of hydrogen-bond acceptors (Lipinski definition) is 4. The monoisotopic (exact) mass is 867 g/mol. The molecule has 52 heavy (non-hydrogen) atoms. The summed E-state index contributed by atoms with van der Waals surface area (Å²) in [6.07, 6.45) is 14.5. The minimum absolute atomic E-state index is 0. The van der Waals surface area contributed by atoms with Crippen molar-refractivity contribution in [2.45, 2.75) is 97.3 Å². The first kappa shape index (κ1) is 38.9. The molecule has 0 atom stereocenters. The maximum atomic E-state index is 14.8. The van der Waals surface area contributed by atoms with E-state index >= 15 is 0 Å². The van der Waals surface area contributed by atoms with Crippen LogP contribution in [-0.2, 0) is 48.0 Å². The van der Waals surface area contributed by atoms with Gasteiger partial charge in [0.15, 0.2) is 11.6 Å². The largest absolute Gasteiger partial charge is 0.298 e. The quantitative estimate of drug-likeness (QED) is 0.0718. The van der Waals surface area contributed by atoms with Crippen LogP contribution in [0.3, 0.4) is 0 Å². The van der Waals surface area contributed by atoms with Gasteiger partial charge in [0.2, 0.25) is 0 Å². The van der Waals surface area contributed by atoms with Crippen molar-refractivity contribution in [1.82, 2.24) is 9.97 Å². The molecule has 0 spiro atoms. The number of Topliss-reactive ketones (excluding diaryl/α,β-unsaturated/α-hetero) is 2. The number of rotatable bonds is 16. The SMILES string of the molecule is CCCCCCc1ccc(-c2nccc3ccccc23)c(C(C(C)=O)(C(C)=O)c2cc(CCCCCC)ccc2-c2nccc3ccccc23)c1.[Ir]. The Labute approximate surface area is 322 Å². The number of aromatic nitrogens is 2. The van der Waals surface area contributed by atoms with Gasteiger partial charge in [-0.1, -0.05) is 137 Å². The van der Waals surface area contributed by atoms with Crippen LogP contribution >= 0.6 is 0 Å². The summed E-state index contributed by atoms with van der Waals surface area (Å²) in [7, 11) is 0. The standard InChI is InChI=1S/C47H50N2O2.Ir/c1-5-7-9-11-17-35-23-25-41(45-39-21-15-13-19-37(39)27-29-48-45)43(31-35)47(33(3)50,34(4)51)44-32-36(18-12-10-8-6-2)24-26-42(44)46-40-22-16-14-20-38(40)28-30-49-46;/h13-16,19-32H,5-12,17-18H2,1-4H3;. The zero-order valence-corrected chi connectivity index (χ0v) is 33.4. The van der Waals surface area contributed by atoms with E-state index in [0.717, 1.165) is 107 Å². The van der Waals surface area contributed by atoms with Crippen molar-refractivity contribution in [1.29, 1.82) is 0 Å². The average molecular weight is 867 g/mol. The molecular weight excluding hydrogens is 817 g/mol. The van der Waals surface area contributed by atoms with Crippen molar-refractivity contribution < 1.29 is 29.7 Å². The van der Waals surface area contributed by atoms with Crippen LogP contribution < -0.4 is 0 Å². The van der Waals surface area contributed by atoms with E-state index in [1.807, 2.05) is 48.8 Å². The molecule has 269 valence electrons. The molecule has 6 rings (SSSR count). The smallest absolute Gasteiger partial charge is 0.152 e. The van der Waals surface area contributed by atoms with E-state index in [2.05, 4.69) is 74.5 Å². The van der Waals surface area contributed by atoms with Crippen LogP contribution in [0.25, 0.3) is 44.1 Å².